The van der Waals surface area contributed by atoms with Crippen LogP contribution in [0, 0.1) is 5.92 Å². The van der Waals surface area contributed by atoms with Gasteiger partial charge in [0.2, 0.25) is 12.7 Å². The van der Waals surface area contributed by atoms with E-state index in [2.05, 4.69) is 17.6 Å². The van der Waals surface area contributed by atoms with Crippen molar-refractivity contribution >= 4 is 11.8 Å². The van der Waals surface area contributed by atoms with Crippen molar-refractivity contribution in [1.82, 2.24) is 10.6 Å². The first-order valence-corrected chi connectivity index (χ1v) is 8.10. The highest BCUT2D eigenvalue weighted by Gasteiger charge is 2.23. The fourth-order valence-electron chi connectivity index (χ4n) is 3.09. The number of amides is 2. The van der Waals surface area contributed by atoms with E-state index in [1.807, 2.05) is 0 Å². The average molecular weight is 318 g/mol. The first-order chi connectivity index (χ1) is 11.1. The van der Waals surface area contributed by atoms with Crippen LogP contribution < -0.4 is 20.1 Å². The van der Waals surface area contributed by atoms with E-state index in [1.165, 1.54) is 6.42 Å². The third-order valence-corrected chi connectivity index (χ3v) is 4.50. The van der Waals surface area contributed by atoms with Crippen molar-refractivity contribution in [1.29, 1.82) is 0 Å². The number of ether oxygens (including phenoxy) is 2. The Morgan fingerprint density at radius 3 is 2.78 bits per heavy atom. The van der Waals surface area contributed by atoms with E-state index in [0.717, 1.165) is 19.3 Å². The Hall–Kier alpha value is -2.24. The van der Waals surface area contributed by atoms with E-state index in [-0.39, 0.29) is 31.2 Å². The third-order valence-electron chi connectivity index (χ3n) is 4.50. The second-order valence-corrected chi connectivity index (χ2v) is 6.19. The molecule has 0 spiro atoms. The van der Waals surface area contributed by atoms with Gasteiger partial charge in [0.05, 0.1) is 6.54 Å². The molecule has 2 N–H and O–H groups in total. The number of carbonyl (C=O) groups excluding carboxylic acids is 2. The zero-order valence-electron chi connectivity index (χ0n) is 13.3. The minimum absolute atomic E-state index is 0.0174. The molecule has 124 valence electrons. The fourth-order valence-corrected chi connectivity index (χ4v) is 3.09. The molecule has 1 heterocycles. The minimum atomic E-state index is -0.296. The molecule has 1 aromatic carbocycles. The maximum Gasteiger partial charge on any atom is 0.251 e. The van der Waals surface area contributed by atoms with E-state index in [1.54, 1.807) is 18.2 Å². The molecule has 2 aliphatic rings. The topological polar surface area (TPSA) is 76.7 Å². The van der Waals surface area contributed by atoms with Crippen molar-refractivity contribution in [3.05, 3.63) is 23.8 Å². The van der Waals surface area contributed by atoms with Gasteiger partial charge in [-0.05, 0) is 37.0 Å². The Morgan fingerprint density at radius 1 is 1.17 bits per heavy atom. The van der Waals surface area contributed by atoms with Gasteiger partial charge in [-0.15, -0.1) is 0 Å². The minimum Gasteiger partial charge on any atom is -0.454 e. The number of nitrogens with one attached hydrogen (secondary N) is 2. The van der Waals surface area contributed by atoms with Gasteiger partial charge in [0.15, 0.2) is 11.5 Å². The summed E-state index contributed by atoms with van der Waals surface area (Å²) in [6.45, 7) is 2.31. The predicted molar refractivity (Wildman–Crippen MR) is 84.5 cm³/mol. The van der Waals surface area contributed by atoms with Crippen LogP contribution in [0.15, 0.2) is 18.2 Å². The van der Waals surface area contributed by atoms with E-state index in [0.29, 0.717) is 23.0 Å². The van der Waals surface area contributed by atoms with Crippen LogP contribution in [0.5, 0.6) is 11.5 Å². The molecule has 0 bridgehead atoms. The predicted octanol–water partition coefficient (Wildman–Crippen LogP) is 1.84. The Kier molecular flexibility index (Phi) is 4.69. The molecular formula is C17H22N2O4. The Labute approximate surface area is 135 Å². The first kappa shape index (κ1) is 15.6. The van der Waals surface area contributed by atoms with Crippen LogP contribution in [0.2, 0.25) is 0 Å². The van der Waals surface area contributed by atoms with Crippen molar-refractivity contribution in [2.75, 3.05) is 13.3 Å². The molecular weight excluding hydrogens is 296 g/mol. The zero-order chi connectivity index (χ0) is 16.2. The maximum absolute atomic E-state index is 12.1. The summed E-state index contributed by atoms with van der Waals surface area (Å²) in [4.78, 5) is 24.1. The highest BCUT2D eigenvalue weighted by molar-refractivity contribution is 5.97. The molecule has 6 heteroatoms. The van der Waals surface area contributed by atoms with Crippen molar-refractivity contribution < 1.29 is 19.1 Å². The quantitative estimate of drug-likeness (QED) is 0.888. The standard InChI is InChI=1S/C17H22N2O4/c1-11-4-2-3-5-13(11)19-16(20)9-18-17(21)12-6-7-14-15(8-12)23-10-22-14/h6-8,11,13H,2-5,9-10H2,1H3,(H,18,21)(H,19,20). The van der Waals surface area contributed by atoms with Gasteiger partial charge in [-0.1, -0.05) is 19.8 Å². The van der Waals surface area contributed by atoms with Gasteiger partial charge in [0, 0.05) is 11.6 Å². The highest BCUT2D eigenvalue weighted by Crippen LogP contribution is 2.32. The lowest BCUT2D eigenvalue weighted by molar-refractivity contribution is -0.121. The van der Waals surface area contributed by atoms with Crippen molar-refractivity contribution in [2.24, 2.45) is 5.92 Å². The van der Waals surface area contributed by atoms with Gasteiger partial charge in [0.1, 0.15) is 0 Å². The summed E-state index contributed by atoms with van der Waals surface area (Å²) in [5.74, 6) is 1.24. The number of rotatable bonds is 4. The lowest BCUT2D eigenvalue weighted by atomic mass is 9.86. The van der Waals surface area contributed by atoms with Crippen LogP contribution >= 0.6 is 0 Å². The van der Waals surface area contributed by atoms with Crippen LogP contribution in [0.1, 0.15) is 43.0 Å². The van der Waals surface area contributed by atoms with Gasteiger partial charge >= 0.3 is 0 Å². The highest BCUT2D eigenvalue weighted by atomic mass is 16.7. The molecule has 1 aromatic rings. The largest absolute Gasteiger partial charge is 0.454 e. The molecule has 0 aromatic heterocycles. The second-order valence-electron chi connectivity index (χ2n) is 6.19. The van der Waals surface area contributed by atoms with Crippen LogP contribution in [-0.2, 0) is 4.79 Å². The molecule has 1 saturated carbocycles. The number of hydrogen-bond acceptors (Lipinski definition) is 4. The third kappa shape index (κ3) is 3.75. The lowest BCUT2D eigenvalue weighted by Gasteiger charge is -2.29. The molecule has 3 rings (SSSR count). The molecule has 0 radical (unpaired) electrons. The monoisotopic (exact) mass is 318 g/mol. The van der Waals surface area contributed by atoms with E-state index >= 15 is 0 Å². The van der Waals surface area contributed by atoms with Gasteiger partial charge in [0.25, 0.3) is 5.91 Å². The first-order valence-electron chi connectivity index (χ1n) is 8.10. The van der Waals surface area contributed by atoms with Crippen molar-refractivity contribution in [2.45, 2.75) is 38.6 Å². The maximum atomic E-state index is 12.1. The molecule has 6 nitrogen and oxygen atoms in total. The van der Waals surface area contributed by atoms with Crippen LogP contribution in [0.25, 0.3) is 0 Å². The SMILES string of the molecule is CC1CCCCC1NC(=O)CNC(=O)c1ccc2c(c1)OCO2. The van der Waals surface area contributed by atoms with E-state index in [9.17, 15) is 9.59 Å². The number of carbonyl (C=O) groups is 2. The molecule has 1 aliphatic heterocycles. The summed E-state index contributed by atoms with van der Waals surface area (Å²) in [5, 5.41) is 5.67. The summed E-state index contributed by atoms with van der Waals surface area (Å²) in [6, 6.07) is 5.20. The summed E-state index contributed by atoms with van der Waals surface area (Å²) in [7, 11) is 0. The van der Waals surface area contributed by atoms with Crippen LogP contribution in [0.4, 0.5) is 0 Å². The van der Waals surface area contributed by atoms with E-state index < -0.39 is 0 Å². The molecule has 23 heavy (non-hydrogen) atoms. The van der Waals surface area contributed by atoms with Gasteiger partial charge in [-0.2, -0.15) is 0 Å². The molecule has 2 atom stereocenters. The Bertz CT molecular complexity index is 602. The second kappa shape index (κ2) is 6.89. The van der Waals surface area contributed by atoms with Crippen LogP contribution in [0.3, 0.4) is 0 Å². The molecule has 2 amide bonds. The average Bonchev–Trinajstić information content (AvgIpc) is 3.02. The molecule has 1 fully saturated rings. The van der Waals surface area contributed by atoms with Gasteiger partial charge < -0.3 is 20.1 Å². The van der Waals surface area contributed by atoms with Gasteiger partial charge in [-0.25, -0.2) is 0 Å². The van der Waals surface area contributed by atoms with Crippen molar-refractivity contribution in [3.63, 3.8) is 0 Å². The zero-order valence-corrected chi connectivity index (χ0v) is 13.3. The number of benzene rings is 1. The van der Waals surface area contributed by atoms with Crippen LogP contribution in [-0.4, -0.2) is 31.2 Å². The normalized spacial score (nSPS) is 22.5. The summed E-state index contributed by atoms with van der Waals surface area (Å²) >= 11 is 0. The fraction of sp³-hybridized carbons (Fsp3) is 0.529. The number of hydrogen-bond donors (Lipinski definition) is 2. The molecule has 0 saturated heterocycles. The summed E-state index contributed by atoms with van der Waals surface area (Å²) in [5.41, 5.74) is 0.452. The smallest absolute Gasteiger partial charge is 0.251 e. The Balaban J connectivity index is 1.49. The molecule has 1 aliphatic carbocycles. The summed E-state index contributed by atoms with van der Waals surface area (Å²) < 4.78 is 10.5. The van der Waals surface area contributed by atoms with Crippen molar-refractivity contribution in [3.8, 4) is 11.5 Å². The summed E-state index contributed by atoms with van der Waals surface area (Å²) in [6.07, 6.45) is 4.55. The lowest BCUT2D eigenvalue weighted by Crippen LogP contribution is -2.45. The van der Waals surface area contributed by atoms with Gasteiger partial charge in [-0.3, -0.25) is 9.59 Å². The molecule has 2 unspecified atom stereocenters. The van der Waals surface area contributed by atoms with E-state index in [4.69, 9.17) is 9.47 Å². The number of fused-ring (bicyclic) bond motifs is 1. The Morgan fingerprint density at radius 2 is 1.96 bits per heavy atom.